The van der Waals surface area contributed by atoms with E-state index in [4.69, 9.17) is 32.7 Å². The van der Waals surface area contributed by atoms with Crippen LogP contribution in [0.25, 0.3) is 22.4 Å². The van der Waals surface area contributed by atoms with Crippen molar-refractivity contribution in [1.82, 2.24) is 20.1 Å². The first-order valence-electron chi connectivity index (χ1n) is 14.3. The molecule has 1 fully saturated rings. The number of aromatic nitrogens is 3. The number of rotatable bonds is 9. The van der Waals surface area contributed by atoms with Gasteiger partial charge in [-0.1, -0.05) is 60.3 Å². The van der Waals surface area contributed by atoms with Crippen molar-refractivity contribution in [3.8, 4) is 34.1 Å². The first kappa shape index (κ1) is 32.4. The molecule has 5 rings (SSSR count). The molecule has 0 saturated heterocycles. The Hall–Kier alpha value is -4.03. The maximum atomic E-state index is 14.9. The van der Waals surface area contributed by atoms with Gasteiger partial charge in [0.05, 0.1) is 41.8 Å². The Labute approximate surface area is 269 Å². The summed E-state index contributed by atoms with van der Waals surface area (Å²) >= 11 is 13.6. The summed E-state index contributed by atoms with van der Waals surface area (Å²) in [6.45, 7) is 0.470. The third-order valence-corrected chi connectivity index (χ3v) is 8.58. The molecule has 2 aromatic carbocycles. The Kier molecular flexibility index (Phi) is 10.0. The van der Waals surface area contributed by atoms with Gasteiger partial charge in [-0.15, -0.1) is 5.10 Å². The van der Waals surface area contributed by atoms with E-state index in [-0.39, 0.29) is 44.9 Å². The number of ether oxygens (including phenoxy) is 2. The van der Waals surface area contributed by atoms with Gasteiger partial charge in [0.1, 0.15) is 11.4 Å². The van der Waals surface area contributed by atoms with Gasteiger partial charge < -0.3 is 25.2 Å². The summed E-state index contributed by atoms with van der Waals surface area (Å²) in [7, 11) is 4.26. The quantitative estimate of drug-likeness (QED) is 0.212. The summed E-state index contributed by atoms with van der Waals surface area (Å²) in [4.78, 5) is 30.3. The van der Waals surface area contributed by atoms with E-state index < -0.39 is 17.3 Å². The Balaban J connectivity index is 1.44. The molecule has 2 atom stereocenters. The summed E-state index contributed by atoms with van der Waals surface area (Å²) in [5.74, 6) is -1.06. The van der Waals surface area contributed by atoms with E-state index >= 15 is 0 Å². The molecule has 0 bridgehead atoms. The molecule has 4 aromatic rings. The van der Waals surface area contributed by atoms with E-state index in [9.17, 15) is 19.1 Å². The standard InChI is InChI=1S/C32H32Cl2FN5O5/c1-40-32(43)22(15-27(39-40)44-2)30(42)37-25-14-18(35)13-21(29(25)34)19-7-6-8-20(28(19)33)23-12-11-17(31(38-23)45-3)16-36-24-9-4-5-10-26(24)41/h6-8,11-15,24,26,36,41H,4-5,9-10,16H2,1-3H3,(H,37,42)/t24-,26+/m1/s1. The fraction of sp³-hybridized carbons (Fsp3) is 0.312. The molecule has 45 heavy (non-hydrogen) atoms. The largest absolute Gasteiger partial charge is 0.481 e. The first-order chi connectivity index (χ1) is 21.6. The summed E-state index contributed by atoms with van der Waals surface area (Å²) in [5, 5.41) is 20.4. The zero-order valence-electron chi connectivity index (χ0n) is 24.9. The molecule has 3 N–H and O–H groups in total. The normalized spacial score (nSPS) is 16.3. The highest BCUT2D eigenvalue weighted by atomic mass is 35.5. The number of hydrogen-bond acceptors (Lipinski definition) is 8. The number of nitrogens with one attached hydrogen (secondary N) is 2. The van der Waals surface area contributed by atoms with Crippen LogP contribution in [0.4, 0.5) is 10.1 Å². The van der Waals surface area contributed by atoms with Crippen LogP contribution in [0, 0.1) is 5.82 Å². The molecule has 1 aliphatic carbocycles. The van der Waals surface area contributed by atoms with Gasteiger partial charge in [0.2, 0.25) is 11.8 Å². The molecule has 236 valence electrons. The molecule has 0 radical (unpaired) electrons. The van der Waals surface area contributed by atoms with E-state index in [1.54, 1.807) is 18.2 Å². The van der Waals surface area contributed by atoms with E-state index in [0.717, 1.165) is 42.0 Å². The van der Waals surface area contributed by atoms with Crippen molar-refractivity contribution >= 4 is 34.8 Å². The molecule has 0 aliphatic heterocycles. The van der Waals surface area contributed by atoms with Crippen molar-refractivity contribution in [1.29, 1.82) is 0 Å². The van der Waals surface area contributed by atoms with E-state index in [1.165, 1.54) is 33.4 Å². The van der Waals surface area contributed by atoms with Crippen molar-refractivity contribution < 1.29 is 23.8 Å². The lowest BCUT2D eigenvalue weighted by atomic mass is 9.92. The number of aliphatic hydroxyl groups is 1. The second-order valence-electron chi connectivity index (χ2n) is 10.7. The number of carbonyl (C=O) groups excluding carboxylic acids is 1. The molecular weight excluding hydrogens is 624 g/mol. The number of amides is 1. The summed E-state index contributed by atoms with van der Waals surface area (Å²) in [5.41, 5.74) is 1.51. The Bertz CT molecular complexity index is 1800. The van der Waals surface area contributed by atoms with Gasteiger partial charge in [0.25, 0.3) is 11.5 Å². The smallest absolute Gasteiger partial charge is 0.279 e. The number of anilines is 1. The summed E-state index contributed by atoms with van der Waals surface area (Å²) in [6, 6.07) is 12.3. The van der Waals surface area contributed by atoms with Gasteiger partial charge in [-0.05, 0) is 31.0 Å². The fourth-order valence-electron chi connectivity index (χ4n) is 5.37. The number of methoxy groups -OCH3 is 2. The minimum Gasteiger partial charge on any atom is -0.481 e. The number of aryl methyl sites for hydroxylation is 1. The van der Waals surface area contributed by atoms with Crippen molar-refractivity contribution in [2.24, 2.45) is 7.05 Å². The van der Waals surface area contributed by atoms with E-state index in [0.29, 0.717) is 29.2 Å². The van der Waals surface area contributed by atoms with E-state index in [1.807, 2.05) is 12.1 Å². The van der Waals surface area contributed by atoms with E-state index in [2.05, 4.69) is 20.7 Å². The zero-order valence-corrected chi connectivity index (χ0v) is 26.4. The minimum absolute atomic E-state index is 0.0119. The molecule has 13 heteroatoms. The maximum absolute atomic E-state index is 14.9. The number of hydrogen-bond donors (Lipinski definition) is 3. The van der Waals surface area contributed by atoms with Crippen molar-refractivity contribution in [3.05, 3.63) is 85.9 Å². The van der Waals surface area contributed by atoms with Crippen LogP contribution in [-0.4, -0.2) is 52.1 Å². The molecule has 10 nitrogen and oxygen atoms in total. The number of pyridine rings is 1. The monoisotopic (exact) mass is 655 g/mol. The SMILES string of the molecule is COc1cc(C(=O)Nc2cc(F)cc(-c3cccc(-c4ccc(CN[C@@H]5CCCC[C@@H]5O)c(OC)n4)c3Cl)c2Cl)c(=O)n(C)n1. The number of benzene rings is 2. The number of halogens is 3. The molecule has 0 spiro atoms. The second-order valence-corrected chi connectivity index (χ2v) is 11.4. The van der Waals surface area contributed by atoms with Gasteiger partial charge in [-0.2, -0.15) is 0 Å². The van der Waals surface area contributed by atoms with Crippen LogP contribution < -0.4 is 25.7 Å². The Morgan fingerprint density at radius 2 is 1.80 bits per heavy atom. The van der Waals surface area contributed by atoms with Gasteiger partial charge in [-0.25, -0.2) is 14.1 Å². The van der Waals surface area contributed by atoms with Crippen LogP contribution in [0.1, 0.15) is 41.6 Å². The lowest BCUT2D eigenvalue weighted by Gasteiger charge is -2.28. The second kappa shape index (κ2) is 13.9. The highest BCUT2D eigenvalue weighted by Gasteiger charge is 2.24. The van der Waals surface area contributed by atoms with Gasteiger partial charge in [0, 0.05) is 48.0 Å². The highest BCUT2D eigenvalue weighted by Crippen LogP contribution is 2.42. The van der Waals surface area contributed by atoms with Crippen LogP contribution in [-0.2, 0) is 13.6 Å². The van der Waals surface area contributed by atoms with Gasteiger partial charge in [0.15, 0.2) is 0 Å². The van der Waals surface area contributed by atoms with Crippen molar-refractivity contribution in [2.45, 2.75) is 44.4 Å². The Morgan fingerprint density at radius 1 is 1.04 bits per heavy atom. The predicted molar refractivity (Wildman–Crippen MR) is 171 cm³/mol. The van der Waals surface area contributed by atoms with Crippen LogP contribution in [0.2, 0.25) is 10.0 Å². The lowest BCUT2D eigenvalue weighted by molar-refractivity contribution is 0.0901. The first-order valence-corrected chi connectivity index (χ1v) is 15.0. The lowest BCUT2D eigenvalue weighted by Crippen LogP contribution is -2.41. The third kappa shape index (κ3) is 6.96. The number of nitrogens with zero attached hydrogens (tertiary/aromatic N) is 3. The average molecular weight is 657 g/mol. The number of carbonyl (C=O) groups is 1. The van der Waals surface area contributed by atoms with Gasteiger partial charge in [-0.3, -0.25) is 9.59 Å². The summed E-state index contributed by atoms with van der Waals surface area (Å²) in [6.07, 6.45) is 3.40. The fourth-order valence-corrected chi connectivity index (χ4v) is 5.95. The molecule has 0 unspecified atom stereocenters. The van der Waals surface area contributed by atoms with Crippen molar-refractivity contribution in [2.75, 3.05) is 19.5 Å². The molecule has 1 aliphatic rings. The molecule has 2 heterocycles. The maximum Gasteiger partial charge on any atom is 0.279 e. The molecule has 2 aromatic heterocycles. The topological polar surface area (TPSA) is 128 Å². The van der Waals surface area contributed by atoms with Gasteiger partial charge >= 0.3 is 0 Å². The molecule has 1 saturated carbocycles. The Morgan fingerprint density at radius 3 is 2.53 bits per heavy atom. The predicted octanol–water partition coefficient (Wildman–Crippen LogP) is 5.62. The molecule has 1 amide bonds. The summed E-state index contributed by atoms with van der Waals surface area (Å²) < 4.78 is 26.5. The third-order valence-electron chi connectivity index (χ3n) is 7.76. The van der Waals surface area contributed by atoms with Crippen LogP contribution in [0.3, 0.4) is 0 Å². The number of aliphatic hydroxyl groups excluding tert-OH is 1. The van der Waals surface area contributed by atoms with Crippen molar-refractivity contribution in [3.63, 3.8) is 0 Å². The zero-order chi connectivity index (χ0) is 32.2. The molecular formula is C32H32Cl2FN5O5. The van der Waals surface area contributed by atoms with Crippen LogP contribution in [0.15, 0.2) is 53.3 Å². The van der Waals surface area contributed by atoms with Crippen LogP contribution in [0.5, 0.6) is 11.8 Å². The minimum atomic E-state index is -0.821. The highest BCUT2D eigenvalue weighted by molar-refractivity contribution is 6.39. The average Bonchev–Trinajstić information content (AvgIpc) is 3.03. The van der Waals surface area contributed by atoms with Crippen LogP contribution >= 0.6 is 23.2 Å².